The van der Waals surface area contributed by atoms with Crippen LogP contribution in [-0.2, 0) is 47.8 Å². The molecular weight excluding hydrogens is 993 g/mol. The number of para-hydroxylation sites is 4. The van der Waals surface area contributed by atoms with Gasteiger partial charge < -0.3 is 30.3 Å². The van der Waals surface area contributed by atoms with Crippen molar-refractivity contribution >= 4 is 70.3 Å². The number of amides is 4. The van der Waals surface area contributed by atoms with Gasteiger partial charge in [-0.1, -0.05) is 76.6 Å². The second-order valence-electron chi connectivity index (χ2n) is 25.2. The number of carboxylic acid groups (broad SMARTS) is 2. The molecule has 10 rings (SSSR count). The van der Waals surface area contributed by atoms with E-state index in [9.17, 15) is 43.5 Å². The number of hydrogen-bond donors (Lipinski definition) is 4. The molecule has 78 heavy (non-hydrogen) atoms. The maximum absolute atomic E-state index is 13.7. The maximum Gasteiger partial charge on any atom is 0.397 e. The molecule has 0 radical (unpaired) electrons. The maximum atomic E-state index is 13.7. The van der Waals surface area contributed by atoms with E-state index in [1.807, 2.05) is 0 Å². The predicted molar refractivity (Wildman–Crippen MR) is 294 cm³/mol. The van der Waals surface area contributed by atoms with Crippen LogP contribution in [0.4, 0.5) is 22.7 Å². The van der Waals surface area contributed by atoms with Gasteiger partial charge in [0, 0.05) is 12.1 Å². The van der Waals surface area contributed by atoms with Crippen molar-refractivity contribution in [3.8, 4) is 0 Å². The topological polar surface area (TPSA) is 226 Å². The molecule has 4 N–H and O–H groups in total. The molecule has 8 bridgehead atoms. The smallest absolute Gasteiger partial charge is 0.397 e. The molecule has 0 saturated heterocycles. The van der Waals surface area contributed by atoms with Crippen molar-refractivity contribution in [1.82, 2.24) is 0 Å². The summed E-state index contributed by atoms with van der Waals surface area (Å²) in [6.45, 7) is 8.30. The molecule has 8 aliphatic rings. The molecule has 8 saturated carbocycles. The van der Waals surface area contributed by atoms with Gasteiger partial charge in [0.15, 0.2) is 0 Å². The molecule has 0 aliphatic heterocycles. The summed E-state index contributed by atoms with van der Waals surface area (Å²) in [7, 11) is 0. The lowest BCUT2D eigenvalue weighted by Gasteiger charge is -2.54. The third-order valence-electron chi connectivity index (χ3n) is 20.0. The third kappa shape index (κ3) is 12.8. The predicted octanol–water partition coefficient (Wildman–Crippen LogP) is 10.5. The van der Waals surface area contributed by atoms with Gasteiger partial charge >= 0.3 is 47.5 Å². The number of fused-ring (bicyclic) bond motifs is 8. The zero-order chi connectivity index (χ0) is 55.4. The fourth-order valence-electron chi connectivity index (χ4n) is 18.0. The highest BCUT2D eigenvalue weighted by Crippen LogP contribution is 2.58. The minimum atomic E-state index is -1.65. The van der Waals surface area contributed by atoms with Crippen molar-refractivity contribution in [3.05, 3.63) is 48.5 Å². The Morgan fingerprint density at radius 3 is 1.22 bits per heavy atom. The van der Waals surface area contributed by atoms with Crippen LogP contribution in [0.15, 0.2) is 48.5 Å². The fourth-order valence-corrected chi connectivity index (χ4v) is 18.0. The number of carbonyl (C=O) groups is 8. The number of ether oxygens (including phenoxy) is 2. The monoisotopic (exact) mass is 1080 g/mol. The van der Waals surface area contributed by atoms with Crippen molar-refractivity contribution in [2.24, 2.45) is 82.9 Å². The lowest BCUT2D eigenvalue weighted by Crippen LogP contribution is -2.53. The van der Waals surface area contributed by atoms with E-state index in [2.05, 4.69) is 24.5 Å². The number of benzene rings is 2. The summed E-state index contributed by atoms with van der Waals surface area (Å²) >= 11 is 0. The van der Waals surface area contributed by atoms with E-state index < -0.39 is 47.5 Å². The van der Waals surface area contributed by atoms with Crippen molar-refractivity contribution in [1.29, 1.82) is 0 Å². The molecule has 8 aliphatic carbocycles. The fraction of sp³-hybridized carbons (Fsp3) is 0.677. The molecule has 16 nitrogen and oxygen atoms in total. The lowest BCUT2D eigenvalue weighted by atomic mass is 9.53. The first-order valence-electron chi connectivity index (χ1n) is 29.8. The first-order chi connectivity index (χ1) is 37.5. The number of carbonyl (C=O) groups excluding carboxylic acids is 6. The molecule has 2 aromatic rings. The lowest BCUT2D eigenvalue weighted by molar-refractivity contribution is -0.153. The summed E-state index contributed by atoms with van der Waals surface area (Å²) in [5.74, 6) is 0.751. The molecule has 16 atom stereocenters. The minimum Gasteiger partial charge on any atom is -0.474 e. The number of nitrogens with one attached hydrogen (secondary N) is 2. The van der Waals surface area contributed by atoms with E-state index in [-0.39, 0.29) is 36.7 Å². The Bertz CT molecular complexity index is 2490. The van der Waals surface area contributed by atoms with Crippen LogP contribution in [0.1, 0.15) is 156 Å². The van der Waals surface area contributed by atoms with E-state index in [1.54, 1.807) is 61.2 Å². The Morgan fingerprint density at radius 2 is 0.833 bits per heavy atom. The number of nitrogens with zero attached hydrogens (tertiary/aromatic N) is 2. The van der Waals surface area contributed by atoms with Crippen LogP contribution >= 0.6 is 0 Å². The summed E-state index contributed by atoms with van der Waals surface area (Å²) in [6.07, 6.45) is 23.6. The van der Waals surface area contributed by atoms with Crippen LogP contribution < -0.4 is 20.4 Å². The van der Waals surface area contributed by atoms with Crippen molar-refractivity contribution in [3.63, 3.8) is 0 Å². The Balaban J connectivity index is 0.000000191. The molecule has 4 amide bonds. The Morgan fingerprint density at radius 1 is 0.462 bits per heavy atom. The second-order valence-corrected chi connectivity index (χ2v) is 25.2. The van der Waals surface area contributed by atoms with Crippen LogP contribution in [0, 0.1) is 82.9 Å². The quantitative estimate of drug-likeness (QED) is 0.129. The normalized spacial score (nSPS) is 33.5. The van der Waals surface area contributed by atoms with E-state index in [0.717, 1.165) is 98.7 Å². The van der Waals surface area contributed by atoms with Crippen molar-refractivity contribution in [2.75, 3.05) is 33.6 Å². The molecule has 2 aromatic carbocycles. The van der Waals surface area contributed by atoms with Gasteiger partial charge in [-0.05, 0) is 211 Å². The van der Waals surface area contributed by atoms with Gasteiger partial charge in [0.2, 0.25) is 0 Å². The molecular formula is C62H84N4O12. The summed E-state index contributed by atoms with van der Waals surface area (Å²) in [5, 5.41) is 23.7. The number of esters is 2. The SMILES string of the molecule is CC1C[C@@H]2CC(C3[C@@H]4CCC[C@H]3CC(N(C(=O)C(=O)O)c3ccccc3NC(=O)C(=O)O)C4)C[C@H](C1)C2.CCOC(=O)C(=O)Nc1ccccc1N(C(=O)C(=O)OCC)C1C[C@H]2CCC[C@@H](C1)C2C1C[C@H]2CC(C)C[C@@H](C1)C2. The van der Waals surface area contributed by atoms with Crippen LogP contribution in [0.5, 0.6) is 0 Å². The highest BCUT2D eigenvalue weighted by Gasteiger charge is 2.51. The van der Waals surface area contributed by atoms with Gasteiger partial charge in [-0.3, -0.25) is 29.0 Å². The molecule has 0 heterocycles. The van der Waals surface area contributed by atoms with Gasteiger partial charge in [0.05, 0.1) is 36.0 Å². The van der Waals surface area contributed by atoms with Gasteiger partial charge in [0.25, 0.3) is 0 Å². The first-order valence-corrected chi connectivity index (χ1v) is 29.8. The zero-order valence-electron chi connectivity index (χ0n) is 46.3. The number of carboxylic acids is 2. The Kier molecular flexibility index (Phi) is 18.3. The summed E-state index contributed by atoms with van der Waals surface area (Å²) in [5.41, 5.74) is 1.08. The summed E-state index contributed by atoms with van der Waals surface area (Å²) in [4.78, 5) is 102. The summed E-state index contributed by atoms with van der Waals surface area (Å²) in [6, 6.07) is 12.8. The van der Waals surface area contributed by atoms with Crippen molar-refractivity contribution in [2.45, 2.75) is 168 Å². The number of aliphatic carboxylic acids is 2. The molecule has 0 spiro atoms. The van der Waals surface area contributed by atoms with Crippen LogP contribution in [0.3, 0.4) is 0 Å². The van der Waals surface area contributed by atoms with Crippen molar-refractivity contribution < 1.29 is 58.0 Å². The molecule has 8 fully saturated rings. The first kappa shape index (κ1) is 56.9. The molecule has 8 unspecified atom stereocenters. The standard InChI is InChI=1S/C33H46N2O6.C29H38N2O6/c1-4-40-32(38)30(36)34-27-11-6-7-12-28(27)35(31(37)33(39)41-5-2)26-18-23-9-8-10-24(19-26)29(23)25-16-21-13-20(3)14-22(15-21)17-25;1-16-9-17-11-18(10-16)13-21(12-17)25-19-5-4-6-20(25)15-22(14-19)31(27(33)29(36)37)24-8-3-2-7-23(24)30-26(32)28(34)35/h6-7,11-12,20-26,29H,4-5,8-10,13-19H2,1-3H3,(H,34,36);2-3,7-8,16-22,25H,4-6,9-15H2,1H3,(H,30,32)(H,34,35)(H,36,37)/t20?,21-,22+,23-,24+,25?,26?,29?;16?,17-,18+,19-,20+,21?,22?,25?. The average Bonchev–Trinajstić information content (AvgIpc) is 3.47. The average molecular weight is 1080 g/mol. The van der Waals surface area contributed by atoms with E-state index in [4.69, 9.17) is 14.6 Å². The zero-order valence-corrected chi connectivity index (χ0v) is 46.3. The van der Waals surface area contributed by atoms with E-state index in [0.29, 0.717) is 46.9 Å². The number of rotatable bonds is 10. The van der Waals surface area contributed by atoms with Gasteiger partial charge in [0.1, 0.15) is 0 Å². The highest BCUT2D eigenvalue weighted by molar-refractivity contribution is 6.40. The second kappa shape index (κ2) is 25.1. The molecule has 0 aromatic heterocycles. The number of hydrogen-bond acceptors (Lipinski definition) is 10. The Hall–Kier alpha value is -5.80. The summed E-state index contributed by atoms with van der Waals surface area (Å²) < 4.78 is 10.0. The third-order valence-corrected chi connectivity index (χ3v) is 20.0. The van der Waals surface area contributed by atoms with E-state index in [1.165, 1.54) is 88.0 Å². The minimum absolute atomic E-state index is 0.0783. The highest BCUT2D eigenvalue weighted by atomic mass is 16.5. The van der Waals surface area contributed by atoms with Gasteiger partial charge in [-0.25, -0.2) is 19.2 Å². The van der Waals surface area contributed by atoms with Crippen LogP contribution in [-0.4, -0.2) is 83.0 Å². The number of anilines is 4. The van der Waals surface area contributed by atoms with Crippen LogP contribution in [0.25, 0.3) is 0 Å². The van der Waals surface area contributed by atoms with Gasteiger partial charge in [-0.15, -0.1) is 0 Å². The largest absolute Gasteiger partial charge is 0.474 e. The van der Waals surface area contributed by atoms with E-state index >= 15 is 0 Å². The van der Waals surface area contributed by atoms with Gasteiger partial charge in [-0.2, -0.15) is 0 Å². The molecule has 16 heteroatoms. The molecule has 424 valence electrons. The van der Waals surface area contributed by atoms with Crippen LogP contribution in [0.2, 0.25) is 0 Å². The Labute approximate surface area is 459 Å².